The number of para-hydroxylation sites is 1. The minimum absolute atomic E-state index is 0.242. The van der Waals surface area contributed by atoms with Crippen LogP contribution in [0, 0.1) is 6.92 Å². The van der Waals surface area contributed by atoms with Crippen LogP contribution in [0.5, 0.6) is 5.75 Å². The second kappa shape index (κ2) is 4.52. The summed E-state index contributed by atoms with van der Waals surface area (Å²) in [5.41, 5.74) is 2.22. The molecule has 0 N–H and O–H groups in total. The van der Waals surface area contributed by atoms with E-state index in [0.29, 0.717) is 0 Å². The summed E-state index contributed by atoms with van der Waals surface area (Å²) in [5.74, 6) is 0.933. The molecule has 2 aromatic rings. The summed E-state index contributed by atoms with van der Waals surface area (Å²) >= 11 is 0. The lowest BCUT2D eigenvalue weighted by Gasteiger charge is -2.14. The van der Waals surface area contributed by atoms with E-state index in [1.54, 1.807) is 0 Å². The number of hydrogen-bond donors (Lipinski definition) is 0. The first-order valence-corrected chi connectivity index (χ1v) is 5.73. The molecule has 0 saturated carbocycles. The third-order valence-electron chi connectivity index (χ3n) is 2.84. The molecule has 0 amide bonds. The van der Waals surface area contributed by atoms with Crippen molar-refractivity contribution in [1.29, 1.82) is 0 Å². The molecular formula is C14H17NO. The average molecular weight is 215 g/mol. The van der Waals surface area contributed by atoms with Crippen LogP contribution in [0.2, 0.25) is 0 Å². The topological polar surface area (TPSA) is 22.1 Å². The van der Waals surface area contributed by atoms with Crippen molar-refractivity contribution in [3.8, 4) is 5.75 Å². The Bertz CT molecular complexity index is 493. The van der Waals surface area contributed by atoms with Gasteiger partial charge in [-0.25, -0.2) is 0 Å². The predicted molar refractivity (Wildman–Crippen MR) is 66.9 cm³/mol. The van der Waals surface area contributed by atoms with E-state index < -0.39 is 0 Å². The van der Waals surface area contributed by atoms with Crippen LogP contribution in [0.25, 0.3) is 10.9 Å². The Kier molecular flexibility index (Phi) is 3.09. The number of ether oxygens (including phenoxy) is 1. The normalized spacial score (nSPS) is 12.7. The first kappa shape index (κ1) is 10.9. The minimum Gasteiger partial charge on any atom is -0.490 e. The minimum atomic E-state index is 0.242. The van der Waals surface area contributed by atoms with Gasteiger partial charge in [0.2, 0.25) is 0 Å². The molecule has 0 saturated heterocycles. The number of hydrogen-bond acceptors (Lipinski definition) is 2. The molecule has 0 fully saturated rings. The van der Waals surface area contributed by atoms with E-state index >= 15 is 0 Å². The third kappa shape index (κ3) is 2.01. The number of fused-ring (bicyclic) bond motifs is 1. The first-order chi connectivity index (χ1) is 7.72. The number of pyridine rings is 1. The van der Waals surface area contributed by atoms with Crippen LogP contribution in [0.1, 0.15) is 25.8 Å². The van der Waals surface area contributed by atoms with Crippen LogP contribution in [0.4, 0.5) is 0 Å². The smallest absolute Gasteiger partial charge is 0.130 e. The lowest BCUT2D eigenvalue weighted by Crippen LogP contribution is -2.10. The van der Waals surface area contributed by atoms with Crippen molar-refractivity contribution >= 4 is 10.9 Å². The van der Waals surface area contributed by atoms with Gasteiger partial charge in [-0.15, -0.1) is 0 Å². The number of nitrogens with zero attached hydrogens (tertiary/aromatic N) is 1. The van der Waals surface area contributed by atoms with Gasteiger partial charge < -0.3 is 4.74 Å². The number of benzene rings is 1. The fraction of sp³-hybridized carbons (Fsp3) is 0.357. The van der Waals surface area contributed by atoms with Crippen molar-refractivity contribution in [2.24, 2.45) is 0 Å². The van der Waals surface area contributed by atoms with Gasteiger partial charge in [0.15, 0.2) is 0 Å². The van der Waals surface area contributed by atoms with Gasteiger partial charge in [-0.1, -0.05) is 19.1 Å². The fourth-order valence-electron chi connectivity index (χ4n) is 1.70. The summed E-state index contributed by atoms with van der Waals surface area (Å²) < 4.78 is 5.89. The van der Waals surface area contributed by atoms with Crippen molar-refractivity contribution in [3.63, 3.8) is 0 Å². The van der Waals surface area contributed by atoms with Crippen LogP contribution < -0.4 is 4.74 Å². The van der Waals surface area contributed by atoms with Gasteiger partial charge in [-0.3, -0.25) is 4.98 Å². The van der Waals surface area contributed by atoms with E-state index in [4.69, 9.17) is 4.74 Å². The maximum Gasteiger partial charge on any atom is 0.130 e. The molecule has 0 aliphatic heterocycles. The van der Waals surface area contributed by atoms with Crippen LogP contribution in [0.15, 0.2) is 30.5 Å². The lowest BCUT2D eigenvalue weighted by atomic mass is 10.1. The van der Waals surface area contributed by atoms with Gasteiger partial charge in [0.05, 0.1) is 11.6 Å². The summed E-state index contributed by atoms with van der Waals surface area (Å²) in [6, 6.07) is 8.12. The van der Waals surface area contributed by atoms with Gasteiger partial charge in [0.1, 0.15) is 5.75 Å². The molecule has 1 unspecified atom stereocenters. The van der Waals surface area contributed by atoms with E-state index in [1.807, 2.05) is 18.3 Å². The average Bonchev–Trinajstić information content (AvgIpc) is 2.30. The van der Waals surface area contributed by atoms with Gasteiger partial charge in [-0.2, -0.15) is 0 Å². The Morgan fingerprint density at radius 1 is 1.31 bits per heavy atom. The Hall–Kier alpha value is -1.57. The maximum atomic E-state index is 5.89. The number of rotatable bonds is 3. The molecule has 2 rings (SSSR count). The molecule has 0 radical (unpaired) electrons. The highest BCUT2D eigenvalue weighted by Crippen LogP contribution is 2.26. The van der Waals surface area contributed by atoms with Crippen molar-refractivity contribution in [2.75, 3.05) is 0 Å². The summed E-state index contributed by atoms with van der Waals surface area (Å²) in [5, 5.41) is 1.10. The highest BCUT2D eigenvalue weighted by molar-refractivity contribution is 5.87. The van der Waals surface area contributed by atoms with E-state index in [9.17, 15) is 0 Å². The van der Waals surface area contributed by atoms with Crippen LogP contribution in [-0.2, 0) is 0 Å². The summed E-state index contributed by atoms with van der Waals surface area (Å²) in [6.07, 6.45) is 3.06. The Labute approximate surface area is 96.3 Å². The Morgan fingerprint density at radius 2 is 2.12 bits per heavy atom. The molecule has 0 aliphatic carbocycles. The molecule has 1 atom stereocenters. The molecular weight excluding hydrogens is 198 g/mol. The monoisotopic (exact) mass is 215 g/mol. The zero-order valence-corrected chi connectivity index (χ0v) is 10.0. The lowest BCUT2D eigenvalue weighted by molar-refractivity contribution is 0.220. The van der Waals surface area contributed by atoms with Gasteiger partial charge in [0, 0.05) is 11.6 Å². The maximum absolute atomic E-state index is 5.89. The predicted octanol–water partition coefficient (Wildman–Crippen LogP) is 3.72. The number of aromatic nitrogens is 1. The highest BCUT2D eigenvalue weighted by atomic mass is 16.5. The van der Waals surface area contributed by atoms with E-state index in [0.717, 1.165) is 23.1 Å². The van der Waals surface area contributed by atoms with Gasteiger partial charge >= 0.3 is 0 Å². The molecule has 84 valence electrons. The van der Waals surface area contributed by atoms with E-state index in [-0.39, 0.29) is 6.10 Å². The van der Waals surface area contributed by atoms with Gasteiger partial charge in [0.25, 0.3) is 0 Å². The molecule has 2 nitrogen and oxygen atoms in total. The quantitative estimate of drug-likeness (QED) is 0.778. The second-order valence-corrected chi connectivity index (χ2v) is 4.12. The van der Waals surface area contributed by atoms with Crippen molar-refractivity contribution in [3.05, 3.63) is 36.0 Å². The third-order valence-corrected chi connectivity index (χ3v) is 2.84. The fourth-order valence-corrected chi connectivity index (χ4v) is 1.70. The Morgan fingerprint density at radius 3 is 2.88 bits per heavy atom. The molecule has 16 heavy (non-hydrogen) atoms. The molecule has 1 heterocycles. The first-order valence-electron chi connectivity index (χ1n) is 5.73. The van der Waals surface area contributed by atoms with Crippen LogP contribution >= 0.6 is 0 Å². The zero-order valence-electron chi connectivity index (χ0n) is 10.0. The second-order valence-electron chi connectivity index (χ2n) is 4.12. The zero-order chi connectivity index (χ0) is 11.5. The highest BCUT2D eigenvalue weighted by Gasteiger charge is 2.07. The number of aryl methyl sites for hydroxylation is 1. The summed E-state index contributed by atoms with van der Waals surface area (Å²) in [4.78, 5) is 4.39. The van der Waals surface area contributed by atoms with Crippen LogP contribution in [0.3, 0.4) is 0 Å². The Balaban J connectivity index is 2.50. The molecule has 0 aliphatic rings. The standard InChI is InChI=1S/C14H17NO/c1-4-11(3)16-13-8-9-15-14-10(2)6-5-7-12(13)14/h5-9,11H,4H2,1-3H3. The van der Waals surface area contributed by atoms with Crippen molar-refractivity contribution < 1.29 is 4.74 Å². The molecule has 1 aromatic heterocycles. The molecule has 1 aromatic carbocycles. The van der Waals surface area contributed by atoms with E-state index in [1.165, 1.54) is 5.56 Å². The van der Waals surface area contributed by atoms with Crippen molar-refractivity contribution in [1.82, 2.24) is 4.98 Å². The van der Waals surface area contributed by atoms with Crippen LogP contribution in [-0.4, -0.2) is 11.1 Å². The van der Waals surface area contributed by atoms with E-state index in [2.05, 4.69) is 37.9 Å². The van der Waals surface area contributed by atoms with Crippen molar-refractivity contribution in [2.45, 2.75) is 33.3 Å². The molecule has 2 heteroatoms. The summed E-state index contributed by atoms with van der Waals surface area (Å²) in [6.45, 7) is 6.28. The SMILES string of the molecule is CCC(C)Oc1ccnc2c(C)cccc12. The molecule has 0 spiro atoms. The largest absolute Gasteiger partial charge is 0.490 e. The van der Waals surface area contributed by atoms with Gasteiger partial charge in [-0.05, 0) is 38.0 Å². The summed E-state index contributed by atoms with van der Waals surface area (Å²) in [7, 11) is 0. The molecule has 0 bridgehead atoms.